The van der Waals surface area contributed by atoms with Crippen molar-refractivity contribution in [3.8, 4) is 0 Å². The molecule has 0 radical (unpaired) electrons. The monoisotopic (exact) mass is 241 g/mol. The number of likely N-dealkylation sites (tertiary alicyclic amines) is 1. The zero-order chi connectivity index (χ0) is 12.4. The second-order valence-corrected chi connectivity index (χ2v) is 5.10. The summed E-state index contributed by atoms with van der Waals surface area (Å²) in [7, 11) is 2.19. The Bertz CT molecular complexity index is 525. The Hall–Kier alpha value is -1.61. The van der Waals surface area contributed by atoms with Crippen LogP contribution in [-0.4, -0.2) is 36.1 Å². The van der Waals surface area contributed by atoms with Crippen LogP contribution in [0.15, 0.2) is 36.5 Å². The molecule has 1 aromatic heterocycles. The Kier molecular flexibility index (Phi) is 3.15. The third kappa shape index (κ3) is 2.31. The number of anilines is 1. The molecule has 3 rings (SSSR count). The van der Waals surface area contributed by atoms with Gasteiger partial charge < -0.3 is 10.2 Å². The minimum atomic E-state index is 0.590. The van der Waals surface area contributed by atoms with Crippen molar-refractivity contribution in [2.24, 2.45) is 0 Å². The van der Waals surface area contributed by atoms with Gasteiger partial charge in [0.1, 0.15) is 0 Å². The lowest BCUT2D eigenvalue weighted by molar-refractivity contribution is 0.264. The first-order valence-corrected chi connectivity index (χ1v) is 6.62. The molecule has 1 aliphatic rings. The maximum atomic E-state index is 4.40. The summed E-state index contributed by atoms with van der Waals surface area (Å²) in [5.74, 6) is 0. The SMILES string of the molecule is CN1CCC(Nc2ccnc3ccccc23)CC1. The molecule has 2 heterocycles. The molecule has 0 atom stereocenters. The molecule has 1 saturated heterocycles. The summed E-state index contributed by atoms with van der Waals surface area (Å²) >= 11 is 0. The van der Waals surface area contributed by atoms with Crippen molar-refractivity contribution >= 4 is 16.6 Å². The molecule has 18 heavy (non-hydrogen) atoms. The Morgan fingerprint density at radius 1 is 1.17 bits per heavy atom. The molecule has 0 aliphatic carbocycles. The first-order valence-electron chi connectivity index (χ1n) is 6.62. The maximum absolute atomic E-state index is 4.40. The molecule has 1 fully saturated rings. The lowest BCUT2D eigenvalue weighted by atomic mass is 10.0. The van der Waals surface area contributed by atoms with Gasteiger partial charge in [-0.1, -0.05) is 18.2 Å². The highest BCUT2D eigenvalue weighted by atomic mass is 15.1. The second kappa shape index (κ2) is 4.94. The van der Waals surface area contributed by atoms with Gasteiger partial charge in [0.15, 0.2) is 0 Å². The van der Waals surface area contributed by atoms with Gasteiger partial charge in [0.05, 0.1) is 5.52 Å². The van der Waals surface area contributed by atoms with Gasteiger partial charge in [0.2, 0.25) is 0 Å². The lowest BCUT2D eigenvalue weighted by Crippen LogP contribution is -2.36. The van der Waals surface area contributed by atoms with E-state index in [9.17, 15) is 0 Å². The average molecular weight is 241 g/mol. The summed E-state index contributed by atoms with van der Waals surface area (Å²) in [6, 6.07) is 11.0. The third-order valence-corrected chi connectivity index (χ3v) is 3.73. The molecule has 0 saturated carbocycles. The fourth-order valence-corrected chi connectivity index (χ4v) is 2.59. The van der Waals surface area contributed by atoms with Gasteiger partial charge in [-0.2, -0.15) is 0 Å². The predicted molar refractivity (Wildman–Crippen MR) is 75.9 cm³/mol. The highest BCUT2D eigenvalue weighted by Crippen LogP contribution is 2.23. The molecule has 2 aromatic rings. The number of piperidine rings is 1. The van der Waals surface area contributed by atoms with Gasteiger partial charge in [-0.3, -0.25) is 4.98 Å². The van der Waals surface area contributed by atoms with Crippen LogP contribution in [0.2, 0.25) is 0 Å². The van der Waals surface area contributed by atoms with Gasteiger partial charge in [-0.25, -0.2) is 0 Å². The van der Waals surface area contributed by atoms with E-state index in [1.165, 1.54) is 37.0 Å². The topological polar surface area (TPSA) is 28.2 Å². The van der Waals surface area contributed by atoms with Crippen LogP contribution in [0.4, 0.5) is 5.69 Å². The number of pyridine rings is 1. The standard InChI is InChI=1S/C15H19N3/c1-18-10-7-12(8-11-18)17-15-6-9-16-14-5-3-2-4-13(14)15/h2-6,9,12H,7-8,10-11H2,1H3,(H,16,17). The van der Waals surface area contributed by atoms with Crippen LogP contribution in [0, 0.1) is 0 Å². The number of benzene rings is 1. The third-order valence-electron chi connectivity index (χ3n) is 3.73. The molecule has 1 N–H and O–H groups in total. The molecule has 1 aliphatic heterocycles. The molecule has 0 spiro atoms. The molecule has 0 unspecified atom stereocenters. The molecular weight excluding hydrogens is 222 g/mol. The summed E-state index contributed by atoms with van der Waals surface area (Å²) in [6.07, 6.45) is 4.32. The van der Waals surface area contributed by atoms with Crippen molar-refractivity contribution in [3.05, 3.63) is 36.5 Å². The summed E-state index contributed by atoms with van der Waals surface area (Å²) in [4.78, 5) is 6.79. The first kappa shape index (κ1) is 11.5. The van der Waals surface area contributed by atoms with Crippen molar-refractivity contribution in [2.45, 2.75) is 18.9 Å². The highest BCUT2D eigenvalue weighted by molar-refractivity contribution is 5.90. The fourth-order valence-electron chi connectivity index (χ4n) is 2.59. The number of fused-ring (bicyclic) bond motifs is 1. The van der Waals surface area contributed by atoms with Crippen molar-refractivity contribution in [1.29, 1.82) is 0 Å². The van der Waals surface area contributed by atoms with E-state index < -0.39 is 0 Å². The number of rotatable bonds is 2. The van der Waals surface area contributed by atoms with E-state index >= 15 is 0 Å². The minimum absolute atomic E-state index is 0.590. The van der Waals surface area contributed by atoms with Crippen LogP contribution in [0.5, 0.6) is 0 Å². The van der Waals surface area contributed by atoms with E-state index in [0.29, 0.717) is 6.04 Å². The van der Waals surface area contributed by atoms with Crippen LogP contribution in [0.1, 0.15) is 12.8 Å². The van der Waals surface area contributed by atoms with Crippen LogP contribution in [0.25, 0.3) is 10.9 Å². The van der Waals surface area contributed by atoms with Crippen LogP contribution >= 0.6 is 0 Å². The van der Waals surface area contributed by atoms with Gasteiger partial charge in [-0.15, -0.1) is 0 Å². The van der Waals surface area contributed by atoms with Gasteiger partial charge in [0.25, 0.3) is 0 Å². The smallest absolute Gasteiger partial charge is 0.0722 e. The zero-order valence-electron chi connectivity index (χ0n) is 10.8. The van der Waals surface area contributed by atoms with Crippen LogP contribution in [0.3, 0.4) is 0 Å². The maximum Gasteiger partial charge on any atom is 0.0722 e. The number of para-hydroxylation sites is 1. The molecule has 94 valence electrons. The number of aromatic nitrogens is 1. The van der Waals surface area contributed by atoms with Crippen LogP contribution in [-0.2, 0) is 0 Å². The van der Waals surface area contributed by atoms with Gasteiger partial charge >= 0.3 is 0 Å². The first-order chi connectivity index (χ1) is 8.83. The Balaban J connectivity index is 1.82. The number of hydrogen-bond acceptors (Lipinski definition) is 3. The largest absolute Gasteiger partial charge is 0.382 e. The number of nitrogens with one attached hydrogen (secondary N) is 1. The second-order valence-electron chi connectivity index (χ2n) is 5.10. The molecule has 3 nitrogen and oxygen atoms in total. The summed E-state index contributed by atoms with van der Waals surface area (Å²) in [5.41, 5.74) is 2.28. The fraction of sp³-hybridized carbons (Fsp3) is 0.400. The molecule has 0 amide bonds. The predicted octanol–water partition coefficient (Wildman–Crippen LogP) is 2.74. The Labute approximate surface area is 108 Å². The van der Waals surface area contributed by atoms with E-state index in [2.05, 4.69) is 46.5 Å². The lowest BCUT2D eigenvalue weighted by Gasteiger charge is -2.30. The van der Waals surface area contributed by atoms with E-state index in [4.69, 9.17) is 0 Å². The van der Waals surface area contributed by atoms with Crippen LogP contribution < -0.4 is 5.32 Å². The van der Waals surface area contributed by atoms with E-state index in [1.807, 2.05) is 12.3 Å². The Morgan fingerprint density at radius 3 is 2.78 bits per heavy atom. The normalized spacial score (nSPS) is 18.1. The highest BCUT2D eigenvalue weighted by Gasteiger charge is 2.16. The van der Waals surface area contributed by atoms with Crippen molar-refractivity contribution in [1.82, 2.24) is 9.88 Å². The summed E-state index contributed by atoms with van der Waals surface area (Å²) < 4.78 is 0. The van der Waals surface area contributed by atoms with E-state index in [0.717, 1.165) is 5.52 Å². The zero-order valence-corrected chi connectivity index (χ0v) is 10.8. The van der Waals surface area contributed by atoms with Crippen molar-refractivity contribution < 1.29 is 0 Å². The van der Waals surface area contributed by atoms with E-state index in [-0.39, 0.29) is 0 Å². The molecular formula is C15H19N3. The minimum Gasteiger partial charge on any atom is -0.382 e. The summed E-state index contributed by atoms with van der Waals surface area (Å²) in [5, 5.41) is 4.90. The van der Waals surface area contributed by atoms with Gasteiger partial charge in [-0.05, 0) is 45.1 Å². The summed E-state index contributed by atoms with van der Waals surface area (Å²) in [6.45, 7) is 2.36. The quantitative estimate of drug-likeness (QED) is 0.876. The van der Waals surface area contributed by atoms with E-state index in [1.54, 1.807) is 0 Å². The van der Waals surface area contributed by atoms with Crippen molar-refractivity contribution in [2.75, 3.05) is 25.5 Å². The average Bonchev–Trinajstić information content (AvgIpc) is 2.42. The molecule has 1 aromatic carbocycles. The molecule has 0 bridgehead atoms. The number of nitrogens with zero attached hydrogens (tertiary/aromatic N) is 2. The number of hydrogen-bond donors (Lipinski definition) is 1. The van der Waals surface area contributed by atoms with Crippen molar-refractivity contribution in [3.63, 3.8) is 0 Å². The molecule has 3 heteroatoms. The Morgan fingerprint density at radius 2 is 1.94 bits per heavy atom. The van der Waals surface area contributed by atoms with Gasteiger partial charge in [0, 0.05) is 23.3 Å².